The summed E-state index contributed by atoms with van der Waals surface area (Å²) < 4.78 is 1.27. The molecule has 3 nitrogen and oxygen atoms in total. The standard InChI is InChI=1S/C5H5ClN2O/c1-8-4(6)2-3-7-5(8)9/h2-3H,1H3. The van der Waals surface area contributed by atoms with Gasteiger partial charge in [0.1, 0.15) is 5.15 Å². The van der Waals surface area contributed by atoms with Crippen LogP contribution < -0.4 is 5.69 Å². The number of halogens is 1. The molecule has 0 saturated heterocycles. The molecule has 0 aromatic carbocycles. The molecular formula is C5H5ClN2O. The van der Waals surface area contributed by atoms with Gasteiger partial charge in [-0.1, -0.05) is 11.6 Å². The summed E-state index contributed by atoms with van der Waals surface area (Å²) in [5.41, 5.74) is -0.331. The molecule has 0 aliphatic heterocycles. The minimum Gasteiger partial charge on any atom is -0.286 e. The number of rotatable bonds is 0. The Hall–Kier alpha value is -0.830. The Morgan fingerprint density at radius 3 is 2.89 bits per heavy atom. The molecule has 0 amide bonds. The van der Waals surface area contributed by atoms with Crippen LogP contribution in [0.2, 0.25) is 5.15 Å². The van der Waals surface area contributed by atoms with Gasteiger partial charge in [-0.3, -0.25) is 4.57 Å². The lowest BCUT2D eigenvalue weighted by Gasteiger charge is -1.94. The Bertz CT molecular complexity index is 268. The van der Waals surface area contributed by atoms with E-state index in [0.717, 1.165) is 0 Å². The monoisotopic (exact) mass is 144 g/mol. The van der Waals surface area contributed by atoms with Crippen molar-refractivity contribution in [1.29, 1.82) is 0 Å². The predicted molar refractivity (Wildman–Crippen MR) is 34.5 cm³/mol. The molecule has 0 N–H and O–H groups in total. The van der Waals surface area contributed by atoms with Crippen LogP contribution in [0.15, 0.2) is 17.1 Å². The van der Waals surface area contributed by atoms with Gasteiger partial charge in [-0.2, -0.15) is 0 Å². The maximum Gasteiger partial charge on any atom is 0.348 e. The van der Waals surface area contributed by atoms with Crippen molar-refractivity contribution in [3.05, 3.63) is 27.9 Å². The van der Waals surface area contributed by atoms with Crippen LogP contribution in [0.5, 0.6) is 0 Å². The highest BCUT2D eigenvalue weighted by atomic mass is 35.5. The molecule has 4 heteroatoms. The summed E-state index contributed by atoms with van der Waals surface area (Å²) in [6.07, 6.45) is 1.38. The third-order valence-electron chi connectivity index (χ3n) is 1.00. The van der Waals surface area contributed by atoms with Crippen molar-refractivity contribution >= 4 is 11.6 Å². The first kappa shape index (κ1) is 6.29. The molecule has 0 atom stereocenters. The van der Waals surface area contributed by atoms with E-state index in [1.807, 2.05) is 0 Å². The maximum absolute atomic E-state index is 10.6. The lowest BCUT2D eigenvalue weighted by molar-refractivity contribution is 0.811. The molecule has 1 heterocycles. The molecule has 0 radical (unpaired) electrons. The summed E-state index contributed by atoms with van der Waals surface area (Å²) in [6.45, 7) is 0. The summed E-state index contributed by atoms with van der Waals surface area (Å²) in [7, 11) is 1.57. The Kier molecular flexibility index (Phi) is 1.53. The van der Waals surface area contributed by atoms with Gasteiger partial charge in [-0.15, -0.1) is 0 Å². The highest BCUT2D eigenvalue weighted by Gasteiger charge is 1.92. The maximum atomic E-state index is 10.6. The molecule has 0 fully saturated rings. The van der Waals surface area contributed by atoms with Crippen LogP contribution in [-0.2, 0) is 7.05 Å². The molecule has 48 valence electrons. The zero-order valence-corrected chi connectivity index (χ0v) is 5.59. The SMILES string of the molecule is Cn1c(Cl)ccnc1=O. The Labute approximate surface area is 56.9 Å². The molecule has 0 aliphatic carbocycles. The molecule has 1 aromatic heterocycles. The van der Waals surface area contributed by atoms with Crippen molar-refractivity contribution < 1.29 is 0 Å². The topological polar surface area (TPSA) is 34.9 Å². The third kappa shape index (κ3) is 1.10. The van der Waals surface area contributed by atoms with Crippen LogP contribution in [0.3, 0.4) is 0 Å². The van der Waals surface area contributed by atoms with E-state index in [0.29, 0.717) is 5.15 Å². The van der Waals surface area contributed by atoms with Gasteiger partial charge in [0.2, 0.25) is 0 Å². The summed E-state index contributed by atoms with van der Waals surface area (Å²) in [5, 5.41) is 0.398. The quantitative estimate of drug-likeness (QED) is 0.495. The molecule has 0 unspecified atom stereocenters. The van der Waals surface area contributed by atoms with Crippen molar-refractivity contribution in [3.63, 3.8) is 0 Å². The summed E-state index contributed by atoms with van der Waals surface area (Å²) in [5.74, 6) is 0. The zero-order valence-electron chi connectivity index (χ0n) is 4.84. The highest BCUT2D eigenvalue weighted by Crippen LogP contribution is 1.98. The number of nitrogens with zero attached hydrogens (tertiary/aromatic N) is 2. The lowest BCUT2D eigenvalue weighted by atomic mass is 10.7. The number of hydrogen-bond donors (Lipinski definition) is 0. The summed E-state index contributed by atoms with van der Waals surface area (Å²) >= 11 is 5.54. The van der Waals surface area contributed by atoms with E-state index in [4.69, 9.17) is 11.6 Å². The van der Waals surface area contributed by atoms with E-state index in [9.17, 15) is 4.79 Å². The van der Waals surface area contributed by atoms with Gasteiger partial charge in [0.15, 0.2) is 0 Å². The van der Waals surface area contributed by atoms with Crippen molar-refractivity contribution in [2.75, 3.05) is 0 Å². The normalized spacial score (nSPS) is 9.56. The number of hydrogen-bond acceptors (Lipinski definition) is 2. The van der Waals surface area contributed by atoms with E-state index in [1.54, 1.807) is 13.1 Å². The molecular weight excluding hydrogens is 140 g/mol. The molecule has 0 bridgehead atoms. The van der Waals surface area contributed by atoms with Crippen LogP contribution in [0.1, 0.15) is 0 Å². The largest absolute Gasteiger partial charge is 0.348 e. The fraction of sp³-hybridized carbons (Fsp3) is 0.200. The van der Waals surface area contributed by atoms with Crippen molar-refractivity contribution in [2.24, 2.45) is 7.05 Å². The van der Waals surface area contributed by atoms with Crippen molar-refractivity contribution in [2.45, 2.75) is 0 Å². The minimum atomic E-state index is -0.331. The molecule has 1 rings (SSSR count). The van der Waals surface area contributed by atoms with Crippen molar-refractivity contribution in [3.8, 4) is 0 Å². The van der Waals surface area contributed by atoms with E-state index in [2.05, 4.69) is 4.98 Å². The Balaban J connectivity index is 3.43. The van der Waals surface area contributed by atoms with Gasteiger partial charge in [-0.05, 0) is 6.07 Å². The van der Waals surface area contributed by atoms with E-state index in [1.165, 1.54) is 10.8 Å². The van der Waals surface area contributed by atoms with Gasteiger partial charge < -0.3 is 0 Å². The van der Waals surface area contributed by atoms with E-state index in [-0.39, 0.29) is 5.69 Å². The fourth-order valence-electron chi connectivity index (χ4n) is 0.452. The predicted octanol–water partition coefficient (Wildman–Crippen LogP) is 0.434. The van der Waals surface area contributed by atoms with E-state index >= 15 is 0 Å². The fourth-order valence-corrected chi connectivity index (χ4v) is 0.581. The molecule has 0 aliphatic rings. The first-order valence-electron chi connectivity index (χ1n) is 2.39. The second kappa shape index (κ2) is 2.19. The van der Waals surface area contributed by atoms with Gasteiger partial charge in [-0.25, -0.2) is 9.78 Å². The molecule has 1 aromatic rings. The summed E-state index contributed by atoms with van der Waals surface area (Å²) in [4.78, 5) is 14.1. The van der Waals surface area contributed by atoms with Gasteiger partial charge in [0.25, 0.3) is 0 Å². The highest BCUT2D eigenvalue weighted by molar-refractivity contribution is 6.29. The Morgan fingerprint density at radius 1 is 1.78 bits per heavy atom. The van der Waals surface area contributed by atoms with Crippen LogP contribution >= 0.6 is 11.6 Å². The molecule has 0 saturated carbocycles. The first-order valence-corrected chi connectivity index (χ1v) is 2.77. The number of aromatic nitrogens is 2. The average molecular weight is 145 g/mol. The first-order chi connectivity index (χ1) is 4.22. The molecule has 9 heavy (non-hydrogen) atoms. The second-order valence-corrected chi connectivity index (χ2v) is 2.00. The van der Waals surface area contributed by atoms with Crippen molar-refractivity contribution in [1.82, 2.24) is 9.55 Å². The van der Waals surface area contributed by atoms with Gasteiger partial charge in [0.05, 0.1) is 0 Å². The molecule has 0 spiro atoms. The minimum absolute atomic E-state index is 0.331. The third-order valence-corrected chi connectivity index (χ3v) is 1.38. The smallest absolute Gasteiger partial charge is 0.286 e. The zero-order chi connectivity index (χ0) is 6.85. The lowest BCUT2D eigenvalue weighted by Crippen LogP contribution is -2.18. The van der Waals surface area contributed by atoms with Crippen LogP contribution in [0.4, 0.5) is 0 Å². The van der Waals surface area contributed by atoms with E-state index < -0.39 is 0 Å². The summed E-state index contributed by atoms with van der Waals surface area (Å²) in [6, 6.07) is 1.56. The average Bonchev–Trinajstić information content (AvgIpc) is 1.83. The second-order valence-electron chi connectivity index (χ2n) is 1.61. The van der Waals surface area contributed by atoms with Gasteiger partial charge >= 0.3 is 5.69 Å². The van der Waals surface area contributed by atoms with Crippen LogP contribution in [0, 0.1) is 0 Å². The Morgan fingerprint density at radius 2 is 2.44 bits per heavy atom. The van der Waals surface area contributed by atoms with Gasteiger partial charge in [0, 0.05) is 13.2 Å². The van der Waals surface area contributed by atoms with Crippen LogP contribution in [0.25, 0.3) is 0 Å². The van der Waals surface area contributed by atoms with Crippen LogP contribution in [-0.4, -0.2) is 9.55 Å².